The molecule has 0 aromatic heterocycles. The minimum absolute atomic E-state index is 0. The molecule has 0 amide bonds. The van der Waals surface area contributed by atoms with E-state index in [0.717, 1.165) is 93.1 Å². The number of phenols is 4. The van der Waals surface area contributed by atoms with Crippen LogP contribution in [0.15, 0.2) is 70.6 Å². The molecular weight excluding hydrogens is 1540 g/mol. The zero-order valence-electron chi connectivity index (χ0n) is 79.7. The number of hydrogen-bond donors (Lipinski definition) is 4. The Morgan fingerprint density at radius 3 is 0.694 bits per heavy atom. The maximum Gasteiger partial charge on any atom is 2.00 e. The van der Waals surface area contributed by atoms with Gasteiger partial charge in [0.25, 0.3) is 0 Å². The van der Waals surface area contributed by atoms with Gasteiger partial charge in [-0.1, -0.05) is 464 Å². The second kappa shape index (κ2) is 81.9. The molecule has 0 saturated carbocycles. The summed E-state index contributed by atoms with van der Waals surface area (Å²) in [7, 11) is 0. The maximum absolute atomic E-state index is 10.9. The predicted octanol–water partition coefficient (Wildman–Crippen LogP) is 33.7. The number of carboxylic acid groups (broad SMARTS) is 2. The standard InChI is InChI=1S/C84H152N2.2C13H18O4.Ni/c1-5-9-13-16-18-20-22-24-26-28-30-32-34-36-38-40-42-44-46-48-50-52-54-56-58-60-62-64-69-79-71-67-73-81(77-79)85-83(75-12-8-4)84(76-66-15-11-7-3)86-82-74-68-72-80(78-82)70-65-63-61-59-57-55-53-51-49-47-45-43-41-39-37-35-33-31-29-27-25-23-21-19-17-14-10-6-2;2*1-3-4-5-6-9-7-10(14)12(15)11(8(9)2)13(16)17;/h67-68,71-74,77-78H,5-66,69-70,75-76H2,1-4H3;2*7,14-15H,3-6H2,1-2H3,(H,16,17);/q;;;+2/p-2. The molecule has 694 valence electrons. The van der Waals surface area contributed by atoms with E-state index in [2.05, 4.69) is 90.1 Å². The Bertz CT molecular complexity index is 3070. The number of rotatable bonds is 79. The first-order valence-electron chi connectivity index (χ1n) is 51.5. The van der Waals surface area contributed by atoms with Gasteiger partial charge in [-0.3, -0.25) is 9.98 Å². The summed E-state index contributed by atoms with van der Waals surface area (Å²) < 4.78 is 0. The number of unbranched alkanes of at least 4 members (excludes halogenated alkanes) is 62. The summed E-state index contributed by atoms with van der Waals surface area (Å²) in [6.45, 7) is 16.6. The fourth-order valence-corrected chi connectivity index (χ4v) is 17.2. The van der Waals surface area contributed by atoms with Crippen LogP contribution in [0.2, 0.25) is 0 Å². The smallest absolute Gasteiger partial charge is 0.545 e. The van der Waals surface area contributed by atoms with Gasteiger partial charge in [0.05, 0.1) is 34.7 Å². The van der Waals surface area contributed by atoms with Crippen LogP contribution in [0.5, 0.6) is 23.0 Å². The Morgan fingerprint density at radius 2 is 0.463 bits per heavy atom. The van der Waals surface area contributed by atoms with Crippen LogP contribution in [0.4, 0.5) is 11.4 Å². The molecule has 10 nitrogen and oxygen atoms in total. The summed E-state index contributed by atoms with van der Waals surface area (Å²) >= 11 is 0. The molecule has 4 aromatic rings. The molecule has 0 fully saturated rings. The molecule has 0 bridgehead atoms. The number of benzene rings is 4. The van der Waals surface area contributed by atoms with Gasteiger partial charge < -0.3 is 40.2 Å². The third-order valence-corrected chi connectivity index (χ3v) is 25.2. The third kappa shape index (κ3) is 61.0. The van der Waals surface area contributed by atoms with Gasteiger partial charge in [-0.25, -0.2) is 0 Å². The van der Waals surface area contributed by atoms with Crippen molar-refractivity contribution in [3.8, 4) is 23.0 Å². The molecule has 0 unspecified atom stereocenters. The SMILES string of the molecule is CCCCCCCCCCCCCCCCCCCCCCCCCCCCCCc1cccc(N=C(CCCC)C(CCCCCC)=Nc2cccc(CCCCCCCCCCCCCCCCCCCCCCCCCCCCCC)c2)c1.CCCCCc1cc(O)c(O)c(C(=O)[O-])c1C.CCCCCc1cc(O)c(O)c(C(=O)[O-])c1C.[Ni+2]. The average molecular weight is 1720 g/mol. The van der Waals surface area contributed by atoms with E-state index < -0.39 is 34.9 Å². The first-order valence-corrected chi connectivity index (χ1v) is 51.5. The van der Waals surface area contributed by atoms with Gasteiger partial charge >= 0.3 is 16.5 Å². The zero-order valence-corrected chi connectivity index (χ0v) is 80.7. The van der Waals surface area contributed by atoms with Gasteiger partial charge in [-0.15, -0.1) is 0 Å². The van der Waals surface area contributed by atoms with Crippen molar-refractivity contribution in [2.45, 2.75) is 531 Å². The summed E-state index contributed by atoms with van der Waals surface area (Å²) in [5.74, 6) is -4.95. The van der Waals surface area contributed by atoms with Crippen LogP contribution >= 0.6 is 0 Å². The van der Waals surface area contributed by atoms with Gasteiger partial charge in [0, 0.05) is 11.1 Å². The Morgan fingerprint density at radius 1 is 0.264 bits per heavy atom. The van der Waals surface area contributed by atoms with Crippen LogP contribution in [-0.4, -0.2) is 43.8 Å². The van der Waals surface area contributed by atoms with Crippen molar-refractivity contribution in [2.24, 2.45) is 9.98 Å². The van der Waals surface area contributed by atoms with Crippen molar-refractivity contribution < 1.29 is 56.7 Å². The first kappa shape index (κ1) is 114. The fourth-order valence-electron chi connectivity index (χ4n) is 17.2. The number of aromatic carboxylic acids is 2. The summed E-state index contributed by atoms with van der Waals surface area (Å²) in [5.41, 5.74) is 9.39. The molecule has 0 saturated heterocycles. The molecular formula is C110H186N2NiO8. The Kier molecular flexibility index (Phi) is 77.0. The molecule has 0 aliphatic rings. The van der Waals surface area contributed by atoms with Gasteiger partial charge in [0.2, 0.25) is 0 Å². The van der Waals surface area contributed by atoms with Crippen molar-refractivity contribution in [2.75, 3.05) is 0 Å². The monoisotopic (exact) mass is 1720 g/mol. The quantitative estimate of drug-likeness (QED) is 0.0146. The molecule has 4 N–H and O–H groups in total. The van der Waals surface area contributed by atoms with E-state index in [-0.39, 0.29) is 27.6 Å². The van der Waals surface area contributed by atoms with E-state index in [9.17, 15) is 40.2 Å². The van der Waals surface area contributed by atoms with Crippen LogP contribution in [0.25, 0.3) is 0 Å². The minimum Gasteiger partial charge on any atom is -0.545 e. The number of aryl methyl sites for hydroxylation is 4. The number of nitrogens with zero attached hydrogens (tertiary/aromatic N) is 2. The van der Waals surface area contributed by atoms with Crippen LogP contribution in [0, 0.1) is 13.8 Å². The average Bonchev–Trinajstić information content (AvgIpc) is 0.812. The van der Waals surface area contributed by atoms with Crippen molar-refractivity contribution in [1.29, 1.82) is 0 Å². The molecule has 0 atom stereocenters. The third-order valence-electron chi connectivity index (χ3n) is 25.2. The van der Waals surface area contributed by atoms with Gasteiger partial charge in [0.15, 0.2) is 23.0 Å². The van der Waals surface area contributed by atoms with Crippen molar-refractivity contribution in [3.05, 3.63) is 105 Å². The molecule has 0 spiro atoms. The first-order chi connectivity index (χ1) is 58.7. The minimum atomic E-state index is -1.47. The molecule has 0 heterocycles. The van der Waals surface area contributed by atoms with Gasteiger partial charge in [-0.05, 0) is 161 Å². The molecule has 0 aliphatic carbocycles. The summed E-state index contributed by atoms with van der Waals surface area (Å²) in [4.78, 5) is 32.7. The van der Waals surface area contributed by atoms with Crippen molar-refractivity contribution in [3.63, 3.8) is 0 Å². The summed E-state index contributed by atoms with van der Waals surface area (Å²) in [6.07, 6.45) is 100. The van der Waals surface area contributed by atoms with E-state index in [4.69, 9.17) is 9.98 Å². The Labute approximate surface area is 755 Å². The molecule has 0 radical (unpaired) electrons. The molecule has 4 aromatic carbocycles. The van der Waals surface area contributed by atoms with Gasteiger partial charge in [-0.2, -0.15) is 0 Å². The van der Waals surface area contributed by atoms with Crippen LogP contribution in [0.3, 0.4) is 0 Å². The molecule has 0 aliphatic heterocycles. The van der Waals surface area contributed by atoms with Crippen molar-refractivity contribution >= 4 is 34.7 Å². The Balaban J connectivity index is 0.00000170. The normalized spacial score (nSPS) is 11.6. The second-order valence-electron chi connectivity index (χ2n) is 36.3. The summed E-state index contributed by atoms with van der Waals surface area (Å²) in [6, 6.07) is 21.3. The number of phenolic OH excluding ortho intramolecular Hbond substituents is 2. The summed E-state index contributed by atoms with van der Waals surface area (Å²) in [5, 5.41) is 59.7. The van der Waals surface area contributed by atoms with Crippen LogP contribution in [-0.2, 0) is 42.2 Å². The van der Waals surface area contributed by atoms with Crippen LogP contribution < -0.4 is 10.2 Å². The number of aliphatic imine (C=N–C) groups is 2. The van der Waals surface area contributed by atoms with E-state index in [1.807, 2.05) is 0 Å². The largest absolute Gasteiger partial charge is 2.00 e. The van der Waals surface area contributed by atoms with E-state index in [0.29, 0.717) is 24.0 Å². The number of carbonyl (C=O) groups excluding carboxylic acids is 2. The number of hydrogen-bond acceptors (Lipinski definition) is 10. The fraction of sp³-hybridized carbons (Fsp3) is 0.745. The van der Waals surface area contributed by atoms with Gasteiger partial charge in [0.1, 0.15) is 0 Å². The predicted molar refractivity (Wildman–Crippen MR) is 517 cm³/mol. The molecule has 121 heavy (non-hydrogen) atoms. The topological polar surface area (TPSA) is 186 Å². The van der Waals surface area contributed by atoms with E-state index in [1.54, 1.807) is 13.8 Å². The second-order valence-corrected chi connectivity index (χ2v) is 36.3. The van der Waals surface area contributed by atoms with Crippen LogP contribution in [0.1, 0.15) is 545 Å². The number of carbonyl (C=O) groups is 2. The molecule has 11 heteroatoms. The zero-order chi connectivity index (χ0) is 87.2. The Hall–Kier alpha value is -5.15. The van der Waals surface area contributed by atoms with E-state index >= 15 is 0 Å². The number of carboxylic acids is 2. The molecule has 4 rings (SSSR count). The maximum atomic E-state index is 10.9. The van der Waals surface area contributed by atoms with Crippen molar-refractivity contribution in [1.82, 2.24) is 0 Å². The van der Waals surface area contributed by atoms with E-state index in [1.165, 1.54) is 426 Å². The number of aromatic hydroxyl groups is 4.